The van der Waals surface area contributed by atoms with Crippen LogP contribution in [0.15, 0.2) is 0 Å². The topological polar surface area (TPSA) is 17.1 Å². The van der Waals surface area contributed by atoms with Crippen LogP contribution in [0.1, 0.15) is 82.6 Å². The SMILES string of the molecule is CC(CC(C)C(C)C)C(=O)SC(C)(C)C(C)(C)C(C(C)C)C(C)I. The van der Waals surface area contributed by atoms with E-state index in [2.05, 4.69) is 98.8 Å². The van der Waals surface area contributed by atoms with E-state index < -0.39 is 0 Å². The van der Waals surface area contributed by atoms with Crippen molar-refractivity contribution >= 4 is 39.5 Å². The van der Waals surface area contributed by atoms with Gasteiger partial charge in [0.25, 0.3) is 0 Å². The van der Waals surface area contributed by atoms with E-state index in [1.54, 1.807) is 11.8 Å². The van der Waals surface area contributed by atoms with E-state index in [4.69, 9.17) is 0 Å². The number of thioether (sulfide) groups is 1. The van der Waals surface area contributed by atoms with Gasteiger partial charge >= 0.3 is 0 Å². The van der Waals surface area contributed by atoms with Crippen molar-refractivity contribution in [3.05, 3.63) is 0 Å². The van der Waals surface area contributed by atoms with Crippen LogP contribution in [0.4, 0.5) is 0 Å². The average Bonchev–Trinajstić information content (AvgIpc) is 2.35. The molecule has 144 valence electrons. The zero-order valence-corrected chi connectivity index (χ0v) is 20.8. The molecule has 0 aliphatic rings. The molecule has 3 heteroatoms. The molecule has 0 aliphatic heterocycles. The van der Waals surface area contributed by atoms with Crippen molar-refractivity contribution in [2.45, 2.75) is 91.3 Å². The molecular formula is C21H41IOS. The lowest BCUT2D eigenvalue weighted by molar-refractivity contribution is -0.114. The van der Waals surface area contributed by atoms with Crippen molar-refractivity contribution in [2.75, 3.05) is 0 Å². The maximum atomic E-state index is 12.9. The molecule has 0 amide bonds. The largest absolute Gasteiger partial charge is 0.287 e. The van der Waals surface area contributed by atoms with Crippen LogP contribution in [0.3, 0.4) is 0 Å². The van der Waals surface area contributed by atoms with Crippen molar-refractivity contribution in [2.24, 2.45) is 35.0 Å². The van der Waals surface area contributed by atoms with Crippen LogP contribution in [0.25, 0.3) is 0 Å². The van der Waals surface area contributed by atoms with Crippen LogP contribution in [-0.4, -0.2) is 13.8 Å². The average molecular weight is 469 g/mol. The first-order chi connectivity index (χ1) is 10.6. The molecule has 0 saturated heterocycles. The molecule has 0 fully saturated rings. The Kier molecular flexibility index (Phi) is 9.92. The quantitative estimate of drug-likeness (QED) is 0.258. The molecule has 0 rings (SSSR count). The highest BCUT2D eigenvalue weighted by molar-refractivity contribution is 14.1. The van der Waals surface area contributed by atoms with Gasteiger partial charge in [0.05, 0.1) is 0 Å². The Labute approximate surface area is 170 Å². The molecule has 0 heterocycles. The Bertz CT molecular complexity index is 391. The van der Waals surface area contributed by atoms with Gasteiger partial charge in [0.1, 0.15) is 0 Å². The molecule has 0 spiro atoms. The first-order valence-electron chi connectivity index (χ1n) is 9.52. The lowest BCUT2D eigenvalue weighted by Crippen LogP contribution is -2.47. The molecule has 0 saturated carbocycles. The summed E-state index contributed by atoms with van der Waals surface area (Å²) in [5, 5.41) is 0.365. The number of rotatable bonds is 9. The highest BCUT2D eigenvalue weighted by Gasteiger charge is 2.47. The van der Waals surface area contributed by atoms with Crippen molar-refractivity contribution < 1.29 is 4.79 Å². The first-order valence-corrected chi connectivity index (χ1v) is 11.6. The monoisotopic (exact) mass is 468 g/mol. The van der Waals surface area contributed by atoms with E-state index in [0.717, 1.165) is 6.42 Å². The van der Waals surface area contributed by atoms with Gasteiger partial charge in [0.15, 0.2) is 5.12 Å². The molecule has 0 aromatic heterocycles. The fourth-order valence-electron chi connectivity index (χ4n) is 3.75. The summed E-state index contributed by atoms with van der Waals surface area (Å²) in [5.41, 5.74) is 0.0888. The minimum absolute atomic E-state index is 0.0756. The number of carbonyl (C=O) groups is 1. The number of hydrogen-bond donors (Lipinski definition) is 0. The lowest BCUT2D eigenvalue weighted by atomic mass is 9.65. The molecule has 0 radical (unpaired) electrons. The third-order valence-corrected chi connectivity index (χ3v) is 8.63. The van der Waals surface area contributed by atoms with E-state index >= 15 is 0 Å². The summed E-state index contributed by atoms with van der Waals surface area (Å²) in [4.78, 5) is 12.9. The fourth-order valence-corrected chi connectivity index (χ4v) is 6.68. The molecule has 0 aliphatic carbocycles. The van der Waals surface area contributed by atoms with E-state index in [1.807, 2.05) is 0 Å². The van der Waals surface area contributed by atoms with Crippen LogP contribution >= 0.6 is 34.4 Å². The summed E-state index contributed by atoms with van der Waals surface area (Å²) < 4.78 is 0.513. The van der Waals surface area contributed by atoms with Crippen LogP contribution in [0, 0.1) is 35.0 Å². The standard InChI is InChI=1S/C21H41IOS/c1-13(2)15(5)12-16(6)19(23)24-21(10,11)20(8,9)18(14(3)4)17(7)22/h13-18H,12H2,1-11H3. The summed E-state index contributed by atoms with van der Waals surface area (Å²) >= 11 is 4.15. The van der Waals surface area contributed by atoms with E-state index in [0.29, 0.717) is 32.7 Å². The molecule has 4 unspecified atom stereocenters. The second kappa shape index (κ2) is 9.62. The summed E-state index contributed by atoms with van der Waals surface area (Å²) in [6.45, 7) is 25.1. The van der Waals surface area contributed by atoms with Crippen molar-refractivity contribution in [1.29, 1.82) is 0 Å². The summed E-state index contributed by atoms with van der Waals surface area (Å²) in [6.07, 6.45) is 0.996. The highest BCUT2D eigenvalue weighted by Crippen LogP contribution is 2.52. The smallest absolute Gasteiger partial charge is 0.192 e. The Morgan fingerprint density at radius 1 is 0.917 bits per heavy atom. The lowest BCUT2D eigenvalue weighted by Gasteiger charge is -2.49. The predicted molar refractivity (Wildman–Crippen MR) is 120 cm³/mol. The van der Waals surface area contributed by atoms with Crippen LogP contribution in [0.5, 0.6) is 0 Å². The zero-order chi connectivity index (χ0) is 19.5. The molecule has 0 aromatic carbocycles. The van der Waals surface area contributed by atoms with E-state index in [-0.39, 0.29) is 16.1 Å². The highest BCUT2D eigenvalue weighted by atomic mass is 127. The summed E-state index contributed by atoms with van der Waals surface area (Å²) in [7, 11) is 0. The number of alkyl halides is 1. The van der Waals surface area contributed by atoms with Gasteiger partial charge in [-0.05, 0) is 49.4 Å². The van der Waals surface area contributed by atoms with Gasteiger partial charge in [-0.1, -0.05) is 96.7 Å². The number of carbonyl (C=O) groups excluding carboxylic acids is 1. The minimum Gasteiger partial charge on any atom is -0.287 e. The normalized spacial score (nSPS) is 18.6. The van der Waals surface area contributed by atoms with Crippen molar-refractivity contribution in [1.82, 2.24) is 0 Å². The Morgan fingerprint density at radius 2 is 1.38 bits per heavy atom. The Morgan fingerprint density at radius 3 is 1.71 bits per heavy atom. The van der Waals surface area contributed by atoms with Gasteiger partial charge in [-0.3, -0.25) is 4.79 Å². The third kappa shape index (κ3) is 6.48. The number of hydrogen-bond acceptors (Lipinski definition) is 2. The van der Waals surface area contributed by atoms with Gasteiger partial charge in [-0.2, -0.15) is 0 Å². The van der Waals surface area contributed by atoms with Crippen LogP contribution < -0.4 is 0 Å². The molecule has 0 bridgehead atoms. The van der Waals surface area contributed by atoms with Gasteiger partial charge < -0.3 is 0 Å². The van der Waals surface area contributed by atoms with Gasteiger partial charge in [-0.25, -0.2) is 0 Å². The maximum absolute atomic E-state index is 12.9. The van der Waals surface area contributed by atoms with Crippen LogP contribution in [-0.2, 0) is 4.79 Å². The second-order valence-corrected chi connectivity index (χ2v) is 13.1. The van der Waals surface area contributed by atoms with E-state index in [1.165, 1.54) is 0 Å². The van der Waals surface area contributed by atoms with Gasteiger partial charge in [-0.15, -0.1) is 0 Å². The molecule has 1 nitrogen and oxygen atoms in total. The van der Waals surface area contributed by atoms with Crippen molar-refractivity contribution in [3.8, 4) is 0 Å². The molecule has 24 heavy (non-hydrogen) atoms. The Balaban J connectivity index is 5.20. The first kappa shape index (κ1) is 24.8. The fraction of sp³-hybridized carbons (Fsp3) is 0.952. The van der Waals surface area contributed by atoms with Crippen molar-refractivity contribution in [3.63, 3.8) is 0 Å². The molecule has 0 N–H and O–H groups in total. The third-order valence-electron chi connectivity index (χ3n) is 6.22. The van der Waals surface area contributed by atoms with Crippen LogP contribution in [0.2, 0.25) is 0 Å². The van der Waals surface area contributed by atoms with Gasteiger partial charge in [0.2, 0.25) is 0 Å². The molecular weight excluding hydrogens is 427 g/mol. The Hall–Kier alpha value is 0.750. The summed E-state index contributed by atoms with van der Waals surface area (Å²) in [5.74, 6) is 2.56. The maximum Gasteiger partial charge on any atom is 0.192 e. The van der Waals surface area contributed by atoms with Gasteiger partial charge in [0, 0.05) is 14.6 Å². The van der Waals surface area contributed by atoms with E-state index in [9.17, 15) is 4.79 Å². The second-order valence-electron chi connectivity index (χ2n) is 9.46. The minimum atomic E-state index is -0.0756. The number of halogens is 1. The molecule has 4 atom stereocenters. The zero-order valence-electron chi connectivity index (χ0n) is 17.9. The predicted octanol–water partition coefficient (Wildman–Crippen LogP) is 7.47. The summed E-state index contributed by atoms with van der Waals surface area (Å²) in [6, 6.07) is 0. The molecule has 0 aromatic rings.